The fourth-order valence-electron chi connectivity index (χ4n) is 2.99. The minimum absolute atomic E-state index is 0.699. The predicted molar refractivity (Wildman–Crippen MR) is 84.5 cm³/mol. The summed E-state index contributed by atoms with van der Waals surface area (Å²) in [5, 5.41) is 3.75. The predicted octanol–water partition coefficient (Wildman–Crippen LogP) is 3.23. The van der Waals surface area contributed by atoms with Crippen LogP contribution in [0.15, 0.2) is 0 Å². The second-order valence-corrected chi connectivity index (χ2v) is 7.11. The van der Waals surface area contributed by atoms with Crippen molar-refractivity contribution in [3.63, 3.8) is 0 Å². The molecule has 0 bridgehead atoms. The fraction of sp³-hybridized carbons (Fsp3) is 1.00. The van der Waals surface area contributed by atoms with Gasteiger partial charge < -0.3 is 5.32 Å². The molecule has 0 aromatic carbocycles. The van der Waals surface area contributed by atoms with E-state index in [1.165, 1.54) is 38.1 Å². The van der Waals surface area contributed by atoms with Gasteiger partial charge in [0.1, 0.15) is 0 Å². The van der Waals surface area contributed by atoms with Crippen LogP contribution in [-0.2, 0) is 0 Å². The minimum Gasteiger partial charge on any atom is -0.311 e. The van der Waals surface area contributed by atoms with Gasteiger partial charge in [0.05, 0.1) is 0 Å². The standard InChI is InChI=1S/C15H32N2S/c1-6-15-10-16-14(9-12(2)3)11-17(15)13(4)7-8-18-5/h12-16H,6-11H2,1-5H3. The molecule has 1 aliphatic rings. The number of thioether (sulfide) groups is 1. The number of rotatable bonds is 7. The molecule has 2 nitrogen and oxygen atoms in total. The first-order chi connectivity index (χ1) is 8.58. The fourth-order valence-corrected chi connectivity index (χ4v) is 3.56. The van der Waals surface area contributed by atoms with Crippen molar-refractivity contribution in [2.75, 3.05) is 25.1 Å². The quantitative estimate of drug-likeness (QED) is 0.766. The Labute approximate surface area is 118 Å². The number of nitrogens with one attached hydrogen (secondary N) is 1. The Kier molecular flexibility index (Phi) is 7.66. The summed E-state index contributed by atoms with van der Waals surface area (Å²) in [4.78, 5) is 2.76. The van der Waals surface area contributed by atoms with E-state index in [-0.39, 0.29) is 0 Å². The third-order valence-electron chi connectivity index (χ3n) is 4.08. The smallest absolute Gasteiger partial charge is 0.0221 e. The highest BCUT2D eigenvalue weighted by molar-refractivity contribution is 7.98. The van der Waals surface area contributed by atoms with Gasteiger partial charge in [-0.25, -0.2) is 0 Å². The number of hydrogen-bond acceptors (Lipinski definition) is 3. The highest BCUT2D eigenvalue weighted by Gasteiger charge is 2.29. The summed E-state index contributed by atoms with van der Waals surface area (Å²) in [6.07, 6.45) is 6.11. The van der Waals surface area contributed by atoms with Crippen molar-refractivity contribution in [2.24, 2.45) is 5.92 Å². The van der Waals surface area contributed by atoms with E-state index >= 15 is 0 Å². The first-order valence-corrected chi connectivity index (χ1v) is 8.95. The molecule has 0 saturated carbocycles. The molecule has 0 amide bonds. The lowest BCUT2D eigenvalue weighted by Gasteiger charge is -2.44. The Morgan fingerprint density at radius 2 is 2.06 bits per heavy atom. The van der Waals surface area contributed by atoms with Crippen LogP contribution in [0.5, 0.6) is 0 Å². The molecule has 3 atom stereocenters. The van der Waals surface area contributed by atoms with E-state index in [1.807, 2.05) is 11.8 Å². The molecule has 0 spiro atoms. The molecule has 18 heavy (non-hydrogen) atoms. The zero-order valence-electron chi connectivity index (χ0n) is 12.9. The van der Waals surface area contributed by atoms with Crippen LogP contribution in [0.3, 0.4) is 0 Å². The average Bonchev–Trinajstić information content (AvgIpc) is 2.35. The Bertz CT molecular complexity index is 221. The van der Waals surface area contributed by atoms with E-state index in [9.17, 15) is 0 Å². The average molecular weight is 273 g/mol. The van der Waals surface area contributed by atoms with Gasteiger partial charge in [-0.15, -0.1) is 0 Å². The molecule has 1 aliphatic heterocycles. The van der Waals surface area contributed by atoms with Gasteiger partial charge in [0.25, 0.3) is 0 Å². The van der Waals surface area contributed by atoms with E-state index in [1.54, 1.807) is 0 Å². The highest BCUT2D eigenvalue weighted by Crippen LogP contribution is 2.20. The minimum atomic E-state index is 0.699. The van der Waals surface area contributed by atoms with Gasteiger partial charge >= 0.3 is 0 Å². The van der Waals surface area contributed by atoms with Gasteiger partial charge in [0.15, 0.2) is 0 Å². The Hall–Kier alpha value is 0.270. The van der Waals surface area contributed by atoms with Crippen molar-refractivity contribution in [3.05, 3.63) is 0 Å². The number of hydrogen-bond donors (Lipinski definition) is 1. The van der Waals surface area contributed by atoms with Crippen LogP contribution in [-0.4, -0.2) is 48.1 Å². The van der Waals surface area contributed by atoms with Gasteiger partial charge in [0.2, 0.25) is 0 Å². The molecule has 108 valence electrons. The summed E-state index contributed by atoms with van der Waals surface area (Å²) in [6.45, 7) is 11.8. The second kappa shape index (κ2) is 8.44. The summed E-state index contributed by atoms with van der Waals surface area (Å²) in [5.41, 5.74) is 0. The zero-order chi connectivity index (χ0) is 13.5. The molecule has 3 heteroatoms. The van der Waals surface area contributed by atoms with E-state index < -0.39 is 0 Å². The molecule has 1 heterocycles. The Morgan fingerprint density at radius 3 is 2.61 bits per heavy atom. The van der Waals surface area contributed by atoms with Crippen molar-refractivity contribution in [1.82, 2.24) is 10.2 Å². The summed E-state index contributed by atoms with van der Waals surface area (Å²) in [6, 6.07) is 2.17. The molecular weight excluding hydrogens is 240 g/mol. The lowest BCUT2D eigenvalue weighted by atomic mass is 9.97. The molecule has 3 unspecified atom stereocenters. The molecule has 1 fully saturated rings. The Balaban J connectivity index is 2.52. The van der Waals surface area contributed by atoms with Crippen molar-refractivity contribution >= 4 is 11.8 Å². The Morgan fingerprint density at radius 1 is 1.33 bits per heavy atom. The second-order valence-electron chi connectivity index (χ2n) is 6.12. The van der Waals surface area contributed by atoms with Gasteiger partial charge in [0, 0.05) is 31.2 Å². The summed E-state index contributed by atoms with van der Waals surface area (Å²) >= 11 is 1.97. The van der Waals surface area contributed by atoms with Crippen LogP contribution in [0.25, 0.3) is 0 Å². The molecular formula is C15H32N2S. The lowest BCUT2D eigenvalue weighted by molar-refractivity contribution is 0.0792. The van der Waals surface area contributed by atoms with Crippen molar-refractivity contribution in [2.45, 2.75) is 65.1 Å². The summed E-state index contributed by atoms with van der Waals surface area (Å²) < 4.78 is 0. The van der Waals surface area contributed by atoms with Crippen LogP contribution in [0.2, 0.25) is 0 Å². The van der Waals surface area contributed by atoms with Gasteiger partial charge in [-0.05, 0) is 44.1 Å². The zero-order valence-corrected chi connectivity index (χ0v) is 13.7. The molecule has 0 aromatic heterocycles. The third kappa shape index (κ3) is 5.10. The van der Waals surface area contributed by atoms with Crippen LogP contribution in [0, 0.1) is 5.92 Å². The maximum absolute atomic E-state index is 3.75. The molecule has 1 N–H and O–H groups in total. The monoisotopic (exact) mass is 272 g/mol. The third-order valence-corrected chi connectivity index (χ3v) is 4.72. The van der Waals surface area contributed by atoms with E-state index in [2.05, 4.69) is 44.2 Å². The molecule has 0 radical (unpaired) electrons. The van der Waals surface area contributed by atoms with Crippen molar-refractivity contribution in [3.8, 4) is 0 Å². The van der Waals surface area contributed by atoms with Crippen molar-refractivity contribution < 1.29 is 0 Å². The molecule has 1 saturated heterocycles. The van der Waals surface area contributed by atoms with E-state index in [0.29, 0.717) is 6.04 Å². The maximum atomic E-state index is 3.75. The largest absolute Gasteiger partial charge is 0.311 e. The van der Waals surface area contributed by atoms with Crippen molar-refractivity contribution in [1.29, 1.82) is 0 Å². The first-order valence-electron chi connectivity index (χ1n) is 7.56. The van der Waals surface area contributed by atoms with Crippen LogP contribution in [0.1, 0.15) is 47.0 Å². The lowest BCUT2D eigenvalue weighted by Crippen LogP contribution is -2.59. The van der Waals surface area contributed by atoms with E-state index in [0.717, 1.165) is 18.0 Å². The topological polar surface area (TPSA) is 15.3 Å². The first kappa shape index (κ1) is 16.3. The highest BCUT2D eigenvalue weighted by atomic mass is 32.2. The summed E-state index contributed by atoms with van der Waals surface area (Å²) in [5.74, 6) is 2.08. The number of nitrogens with zero attached hydrogens (tertiary/aromatic N) is 1. The van der Waals surface area contributed by atoms with Crippen LogP contribution >= 0.6 is 11.8 Å². The summed E-state index contributed by atoms with van der Waals surface area (Å²) in [7, 11) is 0. The van der Waals surface area contributed by atoms with E-state index in [4.69, 9.17) is 0 Å². The maximum Gasteiger partial charge on any atom is 0.0221 e. The SMILES string of the molecule is CCC1CNC(CC(C)C)CN1C(C)CCSC. The van der Waals surface area contributed by atoms with Crippen LogP contribution < -0.4 is 5.32 Å². The van der Waals surface area contributed by atoms with Gasteiger partial charge in [-0.3, -0.25) is 4.90 Å². The molecule has 1 rings (SSSR count). The van der Waals surface area contributed by atoms with Gasteiger partial charge in [-0.1, -0.05) is 20.8 Å². The normalized spacial score (nSPS) is 27.7. The van der Waals surface area contributed by atoms with Gasteiger partial charge in [-0.2, -0.15) is 11.8 Å². The molecule has 0 aromatic rings. The number of piperazine rings is 1. The molecule has 0 aliphatic carbocycles. The van der Waals surface area contributed by atoms with Crippen LogP contribution in [0.4, 0.5) is 0 Å².